The predicted molar refractivity (Wildman–Crippen MR) is 131 cm³/mol. The van der Waals surface area contributed by atoms with Crippen LogP contribution in [0.1, 0.15) is 120 Å². The summed E-state index contributed by atoms with van der Waals surface area (Å²) in [6, 6.07) is 0. The number of rotatable bonds is 0. The monoisotopic (exact) mass is 426 g/mol. The summed E-state index contributed by atoms with van der Waals surface area (Å²) in [5.74, 6) is 2.21. The van der Waals surface area contributed by atoms with Gasteiger partial charge in [0.1, 0.15) is 0 Å². The SMILES string of the molecule is CC1(C)CC[C@]2(C)CC[C@@]3(C)C(=CC[C@@H]4[C@@]5(C)CC[C@H](O)C(C)(C)[C@@H]5CC[C@]43C)[C@@H]2C1. The lowest BCUT2D eigenvalue weighted by Crippen LogP contribution is -2.64. The van der Waals surface area contributed by atoms with Crippen molar-refractivity contribution in [3.8, 4) is 0 Å². The van der Waals surface area contributed by atoms with Crippen LogP contribution in [0.3, 0.4) is 0 Å². The molecule has 1 N–H and O–H groups in total. The van der Waals surface area contributed by atoms with Gasteiger partial charge in [-0.2, -0.15) is 0 Å². The van der Waals surface area contributed by atoms with E-state index in [1.807, 2.05) is 5.57 Å². The van der Waals surface area contributed by atoms with Crippen LogP contribution in [0.5, 0.6) is 0 Å². The summed E-state index contributed by atoms with van der Waals surface area (Å²) in [6.07, 6.45) is 15.9. The van der Waals surface area contributed by atoms with E-state index in [4.69, 9.17) is 0 Å². The van der Waals surface area contributed by atoms with Gasteiger partial charge < -0.3 is 5.11 Å². The zero-order valence-electron chi connectivity index (χ0n) is 21.9. The molecule has 176 valence electrons. The van der Waals surface area contributed by atoms with Crippen molar-refractivity contribution in [1.29, 1.82) is 0 Å². The second-order valence-corrected chi connectivity index (χ2v) is 15.2. The quantitative estimate of drug-likeness (QED) is 0.387. The Morgan fingerprint density at radius 1 is 0.774 bits per heavy atom. The van der Waals surface area contributed by atoms with E-state index in [1.165, 1.54) is 57.8 Å². The van der Waals surface area contributed by atoms with Crippen LogP contribution >= 0.6 is 0 Å². The topological polar surface area (TPSA) is 20.2 Å². The van der Waals surface area contributed by atoms with Gasteiger partial charge in [0.15, 0.2) is 0 Å². The molecule has 0 aromatic heterocycles. The molecule has 0 saturated heterocycles. The van der Waals surface area contributed by atoms with E-state index in [0.717, 1.165) is 18.3 Å². The number of allylic oxidation sites excluding steroid dienone is 2. The van der Waals surface area contributed by atoms with Crippen molar-refractivity contribution in [2.24, 2.45) is 50.2 Å². The van der Waals surface area contributed by atoms with Crippen LogP contribution in [0.4, 0.5) is 0 Å². The normalized spacial score (nSPS) is 55.2. The van der Waals surface area contributed by atoms with Crippen molar-refractivity contribution in [2.45, 2.75) is 126 Å². The molecule has 0 aromatic rings. The van der Waals surface area contributed by atoms with Crippen molar-refractivity contribution < 1.29 is 5.11 Å². The molecule has 0 aliphatic heterocycles. The Labute approximate surface area is 192 Å². The van der Waals surface area contributed by atoms with Gasteiger partial charge in [-0.3, -0.25) is 0 Å². The van der Waals surface area contributed by atoms with Gasteiger partial charge in [0, 0.05) is 0 Å². The molecule has 0 unspecified atom stereocenters. The maximum atomic E-state index is 10.9. The van der Waals surface area contributed by atoms with Gasteiger partial charge in [0.05, 0.1) is 6.10 Å². The lowest BCUT2D eigenvalue weighted by molar-refractivity contribution is -0.202. The standard InChI is InChI=1S/C30H50O/c1-25(2)15-16-27(5)17-18-29(7)20(21(27)19-25)9-10-23-28(6)13-12-24(31)26(3,4)22(28)11-14-30(23,29)8/h9,21-24,31H,10-19H2,1-8H3/t21-,22-,23+,24-,27+,28-,29-,30+/m0/s1. The fourth-order valence-electron chi connectivity index (χ4n) is 10.5. The zero-order chi connectivity index (χ0) is 22.7. The first-order valence-electron chi connectivity index (χ1n) is 13.6. The molecule has 0 bridgehead atoms. The molecule has 5 aliphatic rings. The molecule has 1 nitrogen and oxygen atoms in total. The molecule has 0 heterocycles. The average molecular weight is 427 g/mol. The summed E-state index contributed by atoms with van der Waals surface area (Å²) in [7, 11) is 0. The first-order valence-corrected chi connectivity index (χ1v) is 13.6. The van der Waals surface area contributed by atoms with Gasteiger partial charge in [-0.15, -0.1) is 0 Å². The van der Waals surface area contributed by atoms with Crippen LogP contribution in [-0.4, -0.2) is 11.2 Å². The van der Waals surface area contributed by atoms with Crippen LogP contribution in [0.2, 0.25) is 0 Å². The fraction of sp³-hybridized carbons (Fsp3) is 0.933. The van der Waals surface area contributed by atoms with Crippen LogP contribution in [0.15, 0.2) is 11.6 Å². The van der Waals surface area contributed by atoms with Gasteiger partial charge in [-0.25, -0.2) is 0 Å². The van der Waals surface area contributed by atoms with E-state index in [0.29, 0.717) is 33.0 Å². The van der Waals surface area contributed by atoms with Gasteiger partial charge in [0.25, 0.3) is 0 Å². The second-order valence-electron chi connectivity index (χ2n) is 15.2. The minimum atomic E-state index is -0.125. The molecule has 31 heavy (non-hydrogen) atoms. The highest BCUT2D eigenvalue weighted by molar-refractivity contribution is 5.33. The molecule has 0 amide bonds. The van der Waals surface area contributed by atoms with Gasteiger partial charge in [-0.05, 0) is 114 Å². The maximum Gasteiger partial charge on any atom is 0.0594 e. The summed E-state index contributed by atoms with van der Waals surface area (Å²) in [5, 5.41) is 10.9. The van der Waals surface area contributed by atoms with Crippen molar-refractivity contribution in [3.63, 3.8) is 0 Å². The summed E-state index contributed by atoms with van der Waals surface area (Å²) in [5.41, 5.74) is 4.09. The summed E-state index contributed by atoms with van der Waals surface area (Å²) < 4.78 is 0. The molecule has 4 fully saturated rings. The molecule has 8 atom stereocenters. The second kappa shape index (κ2) is 6.43. The van der Waals surface area contributed by atoms with E-state index in [2.05, 4.69) is 61.5 Å². The van der Waals surface area contributed by atoms with Crippen molar-refractivity contribution in [2.75, 3.05) is 0 Å². The number of aliphatic hydroxyl groups excluding tert-OH is 1. The van der Waals surface area contributed by atoms with Crippen LogP contribution in [0, 0.1) is 50.2 Å². The largest absolute Gasteiger partial charge is 0.393 e. The molecular weight excluding hydrogens is 376 g/mol. The van der Waals surface area contributed by atoms with Gasteiger partial charge >= 0.3 is 0 Å². The Hall–Kier alpha value is -0.300. The first kappa shape index (κ1) is 22.5. The predicted octanol–water partition coefficient (Wildman–Crippen LogP) is 8.17. The Morgan fingerprint density at radius 2 is 1.45 bits per heavy atom. The minimum absolute atomic E-state index is 0.0533. The van der Waals surface area contributed by atoms with Crippen LogP contribution < -0.4 is 0 Å². The van der Waals surface area contributed by atoms with E-state index in [9.17, 15) is 5.11 Å². The van der Waals surface area contributed by atoms with Crippen LogP contribution in [0.25, 0.3) is 0 Å². The first-order chi connectivity index (χ1) is 14.2. The molecule has 5 rings (SSSR count). The summed E-state index contributed by atoms with van der Waals surface area (Å²) >= 11 is 0. The smallest absolute Gasteiger partial charge is 0.0594 e. The number of aliphatic hydroxyl groups is 1. The maximum absolute atomic E-state index is 10.9. The van der Waals surface area contributed by atoms with E-state index in [-0.39, 0.29) is 11.5 Å². The lowest BCUT2D eigenvalue weighted by atomic mass is 9.33. The molecule has 1 heteroatoms. The third-order valence-corrected chi connectivity index (χ3v) is 13.0. The minimum Gasteiger partial charge on any atom is -0.393 e. The molecule has 0 aromatic carbocycles. The van der Waals surface area contributed by atoms with Crippen molar-refractivity contribution in [1.82, 2.24) is 0 Å². The average Bonchev–Trinajstić information content (AvgIpc) is 2.67. The molecule has 0 radical (unpaired) electrons. The highest BCUT2D eigenvalue weighted by atomic mass is 16.3. The van der Waals surface area contributed by atoms with Crippen LogP contribution in [-0.2, 0) is 0 Å². The Bertz CT molecular complexity index is 790. The third-order valence-electron chi connectivity index (χ3n) is 13.0. The molecule has 5 aliphatic carbocycles. The van der Waals surface area contributed by atoms with E-state index in [1.54, 1.807) is 0 Å². The van der Waals surface area contributed by atoms with E-state index < -0.39 is 0 Å². The number of hydrogen-bond donors (Lipinski definition) is 1. The van der Waals surface area contributed by atoms with E-state index >= 15 is 0 Å². The lowest BCUT2D eigenvalue weighted by Gasteiger charge is -2.71. The summed E-state index contributed by atoms with van der Waals surface area (Å²) in [6.45, 7) is 20.4. The Balaban J connectivity index is 1.57. The van der Waals surface area contributed by atoms with Crippen molar-refractivity contribution in [3.05, 3.63) is 11.6 Å². The van der Waals surface area contributed by atoms with Gasteiger partial charge in [-0.1, -0.05) is 67.0 Å². The molecule has 0 spiro atoms. The highest BCUT2D eigenvalue weighted by Gasteiger charge is 2.67. The third kappa shape index (κ3) is 2.77. The highest BCUT2D eigenvalue weighted by Crippen LogP contribution is 2.75. The summed E-state index contributed by atoms with van der Waals surface area (Å²) in [4.78, 5) is 0. The van der Waals surface area contributed by atoms with Gasteiger partial charge in [0.2, 0.25) is 0 Å². The zero-order valence-corrected chi connectivity index (χ0v) is 21.9. The number of hydrogen-bond acceptors (Lipinski definition) is 1. The molecular formula is C30H50O. The Kier molecular flexibility index (Phi) is 4.66. The van der Waals surface area contributed by atoms with Crippen molar-refractivity contribution >= 4 is 0 Å². The fourth-order valence-corrected chi connectivity index (χ4v) is 10.5. The number of fused-ring (bicyclic) bond motifs is 7. The molecule has 4 saturated carbocycles. The Morgan fingerprint density at radius 3 is 2.16 bits per heavy atom.